The van der Waals surface area contributed by atoms with Crippen molar-refractivity contribution in [1.82, 2.24) is 5.32 Å². The van der Waals surface area contributed by atoms with Crippen LogP contribution >= 0.6 is 0 Å². The van der Waals surface area contributed by atoms with Crippen LogP contribution in [0, 0.1) is 12.7 Å². The number of nitrogens with zero attached hydrogens (tertiary/aromatic N) is 3. The molecule has 6 nitrogen and oxygen atoms in total. The molecule has 1 unspecified atom stereocenters. The summed E-state index contributed by atoms with van der Waals surface area (Å²) >= 11 is 0. The van der Waals surface area contributed by atoms with E-state index in [1.54, 1.807) is 26.0 Å². The Kier molecular flexibility index (Phi) is 6.49. The molecule has 1 rings (SSSR count). The van der Waals surface area contributed by atoms with E-state index in [1.165, 1.54) is 6.07 Å². The lowest BCUT2D eigenvalue weighted by atomic mass is 10.0. The van der Waals surface area contributed by atoms with Crippen LogP contribution in [0.1, 0.15) is 24.1 Å². The van der Waals surface area contributed by atoms with E-state index in [2.05, 4.69) is 15.3 Å². The number of hydrogen-bond donors (Lipinski definition) is 1. The quantitative estimate of drug-likeness (QED) is 0.274. The van der Waals surface area contributed by atoms with E-state index in [0.717, 1.165) is 0 Å². The third-order valence-electron chi connectivity index (χ3n) is 2.68. The number of carbonyl (C=O) groups is 1. The van der Waals surface area contributed by atoms with Gasteiger partial charge in [-0.3, -0.25) is 0 Å². The summed E-state index contributed by atoms with van der Waals surface area (Å²) in [7, 11) is 0. The number of esters is 1. The first-order valence-electron chi connectivity index (χ1n) is 6.27. The molecule has 0 radical (unpaired) electrons. The molecule has 1 atom stereocenters. The number of azide groups is 1. The molecule has 1 N–H and O–H groups in total. The second-order valence-corrected chi connectivity index (χ2v) is 4.10. The first-order chi connectivity index (χ1) is 9.60. The topological polar surface area (TPSA) is 87.1 Å². The highest BCUT2D eigenvalue weighted by atomic mass is 19.1. The second-order valence-electron chi connectivity index (χ2n) is 4.10. The van der Waals surface area contributed by atoms with Crippen LogP contribution in [0.5, 0.6) is 0 Å². The smallest absolute Gasteiger partial charge is 0.327 e. The number of hydrogen-bond acceptors (Lipinski definition) is 4. The molecule has 0 aliphatic carbocycles. The Labute approximate surface area is 116 Å². The van der Waals surface area contributed by atoms with E-state index in [9.17, 15) is 9.18 Å². The van der Waals surface area contributed by atoms with Gasteiger partial charge in [0.1, 0.15) is 11.9 Å². The highest BCUT2D eigenvalue weighted by molar-refractivity contribution is 5.77. The number of halogens is 1. The lowest BCUT2D eigenvalue weighted by Crippen LogP contribution is -2.32. The molecule has 0 saturated carbocycles. The predicted octanol–water partition coefficient (Wildman–Crippen LogP) is 2.64. The largest absolute Gasteiger partial charge is 0.465 e. The van der Waals surface area contributed by atoms with Gasteiger partial charge >= 0.3 is 5.97 Å². The van der Waals surface area contributed by atoms with Crippen molar-refractivity contribution >= 4 is 5.97 Å². The molecule has 0 aliphatic heterocycles. The summed E-state index contributed by atoms with van der Waals surface area (Å²) in [6.07, 6.45) is 0. The third-order valence-corrected chi connectivity index (χ3v) is 2.68. The molecule has 1 aromatic rings. The van der Waals surface area contributed by atoms with Gasteiger partial charge in [-0.1, -0.05) is 17.2 Å². The van der Waals surface area contributed by atoms with Crippen molar-refractivity contribution in [1.29, 1.82) is 0 Å². The maximum atomic E-state index is 13.6. The summed E-state index contributed by atoms with van der Waals surface area (Å²) in [6, 6.07) is 3.79. The minimum absolute atomic E-state index is 0.195. The Morgan fingerprint density at radius 1 is 1.60 bits per heavy atom. The normalized spacial score (nSPS) is 11.6. The fraction of sp³-hybridized carbons (Fsp3) is 0.462. The lowest BCUT2D eigenvalue weighted by Gasteiger charge is -2.17. The summed E-state index contributed by atoms with van der Waals surface area (Å²) in [5.41, 5.74) is 9.18. The van der Waals surface area contributed by atoms with Gasteiger partial charge in [-0.25, -0.2) is 9.18 Å². The zero-order valence-corrected chi connectivity index (χ0v) is 11.5. The molecule has 20 heavy (non-hydrogen) atoms. The Morgan fingerprint density at radius 2 is 2.35 bits per heavy atom. The van der Waals surface area contributed by atoms with Crippen LogP contribution in [-0.4, -0.2) is 25.7 Å². The molecule has 7 heteroatoms. The first kappa shape index (κ1) is 15.9. The van der Waals surface area contributed by atoms with Gasteiger partial charge in [-0.15, -0.1) is 0 Å². The Balaban J connectivity index is 2.87. The maximum absolute atomic E-state index is 13.6. The molecule has 0 saturated heterocycles. The van der Waals surface area contributed by atoms with Gasteiger partial charge in [0, 0.05) is 18.0 Å². The average molecular weight is 280 g/mol. The zero-order chi connectivity index (χ0) is 15.0. The van der Waals surface area contributed by atoms with Crippen LogP contribution in [0.25, 0.3) is 10.4 Å². The van der Waals surface area contributed by atoms with E-state index in [4.69, 9.17) is 10.3 Å². The third kappa shape index (κ3) is 4.53. The van der Waals surface area contributed by atoms with Crippen LogP contribution < -0.4 is 5.32 Å². The van der Waals surface area contributed by atoms with Gasteiger partial charge in [0.05, 0.1) is 6.61 Å². The van der Waals surface area contributed by atoms with Crippen LogP contribution in [-0.2, 0) is 9.53 Å². The van der Waals surface area contributed by atoms with E-state index >= 15 is 0 Å². The number of nitrogens with one attached hydrogen (secondary N) is 1. The van der Waals surface area contributed by atoms with Gasteiger partial charge in [-0.05, 0) is 36.6 Å². The zero-order valence-electron chi connectivity index (χ0n) is 11.5. The van der Waals surface area contributed by atoms with E-state index in [-0.39, 0.29) is 19.0 Å². The van der Waals surface area contributed by atoms with Crippen molar-refractivity contribution in [3.8, 4) is 0 Å². The van der Waals surface area contributed by atoms with Crippen molar-refractivity contribution in [2.45, 2.75) is 19.9 Å². The van der Waals surface area contributed by atoms with Crippen molar-refractivity contribution in [2.75, 3.05) is 19.7 Å². The number of aryl methyl sites for hydroxylation is 1. The second kappa shape index (κ2) is 8.14. The highest BCUT2D eigenvalue weighted by Gasteiger charge is 2.21. The fourth-order valence-corrected chi connectivity index (χ4v) is 1.66. The molecular weight excluding hydrogens is 263 g/mol. The van der Waals surface area contributed by atoms with Gasteiger partial charge in [0.2, 0.25) is 0 Å². The molecule has 0 heterocycles. The van der Waals surface area contributed by atoms with Gasteiger partial charge < -0.3 is 10.1 Å². The standard InChI is InChI=1S/C13H17FN4O2/c1-3-20-13(19)12(16-6-7-17-18-15)10-5-4-9(2)11(14)8-10/h4-5,8,12,16H,3,6-7H2,1-2H3. The van der Waals surface area contributed by atoms with Crippen molar-refractivity contribution in [3.63, 3.8) is 0 Å². The van der Waals surface area contributed by atoms with Crippen LogP contribution in [0.4, 0.5) is 4.39 Å². The van der Waals surface area contributed by atoms with Crippen LogP contribution in [0.3, 0.4) is 0 Å². The molecule has 0 amide bonds. The van der Waals surface area contributed by atoms with Crippen LogP contribution in [0.2, 0.25) is 0 Å². The minimum atomic E-state index is -0.779. The summed E-state index contributed by atoms with van der Waals surface area (Å²) in [6.45, 7) is 4.07. The molecule has 0 bridgehead atoms. The molecule has 0 spiro atoms. The van der Waals surface area contributed by atoms with Gasteiger partial charge in [0.15, 0.2) is 0 Å². The monoisotopic (exact) mass is 280 g/mol. The summed E-state index contributed by atoms with van der Waals surface area (Å²) < 4.78 is 18.5. The van der Waals surface area contributed by atoms with Gasteiger partial charge in [-0.2, -0.15) is 0 Å². The number of carbonyl (C=O) groups excluding carboxylic acids is 1. The van der Waals surface area contributed by atoms with E-state index in [0.29, 0.717) is 17.7 Å². The predicted molar refractivity (Wildman–Crippen MR) is 72.5 cm³/mol. The minimum Gasteiger partial charge on any atom is -0.465 e. The Morgan fingerprint density at radius 3 is 2.95 bits per heavy atom. The number of benzene rings is 1. The Bertz CT molecular complexity index is 515. The molecule has 0 fully saturated rings. The SMILES string of the molecule is CCOC(=O)C(NCCN=[N+]=[N-])c1ccc(C)c(F)c1. The molecule has 0 aromatic heterocycles. The summed E-state index contributed by atoms with van der Waals surface area (Å²) in [4.78, 5) is 14.5. The van der Waals surface area contributed by atoms with Crippen molar-refractivity contribution in [2.24, 2.45) is 5.11 Å². The molecule has 0 aliphatic rings. The first-order valence-corrected chi connectivity index (χ1v) is 6.27. The number of ether oxygens (including phenoxy) is 1. The summed E-state index contributed by atoms with van der Waals surface area (Å²) in [5.74, 6) is -0.870. The van der Waals surface area contributed by atoms with E-state index < -0.39 is 12.0 Å². The summed E-state index contributed by atoms with van der Waals surface area (Å²) in [5, 5.41) is 6.26. The maximum Gasteiger partial charge on any atom is 0.327 e. The van der Waals surface area contributed by atoms with E-state index in [1.807, 2.05) is 0 Å². The van der Waals surface area contributed by atoms with Crippen molar-refractivity contribution in [3.05, 3.63) is 45.6 Å². The average Bonchev–Trinajstić information content (AvgIpc) is 2.42. The lowest BCUT2D eigenvalue weighted by molar-refractivity contribution is -0.145. The molecular formula is C13H17FN4O2. The van der Waals surface area contributed by atoms with Gasteiger partial charge in [0.25, 0.3) is 0 Å². The fourth-order valence-electron chi connectivity index (χ4n) is 1.66. The van der Waals surface area contributed by atoms with Crippen LogP contribution in [0.15, 0.2) is 23.3 Å². The Hall–Kier alpha value is -2.11. The van der Waals surface area contributed by atoms with Crippen molar-refractivity contribution < 1.29 is 13.9 Å². The molecule has 1 aromatic carbocycles. The number of rotatable bonds is 7. The highest BCUT2D eigenvalue weighted by Crippen LogP contribution is 2.18. The molecule has 108 valence electrons.